The number of benzene rings is 2. The Morgan fingerprint density at radius 2 is 1.47 bits per heavy atom. The molecule has 1 N–H and O–H groups in total. The summed E-state index contributed by atoms with van der Waals surface area (Å²) in [5, 5.41) is 10.2. The molecule has 2 heterocycles. The summed E-state index contributed by atoms with van der Waals surface area (Å²) < 4.78 is 0.276. The molecule has 1 aliphatic carbocycles. The van der Waals surface area contributed by atoms with E-state index < -0.39 is 6.09 Å². The van der Waals surface area contributed by atoms with Gasteiger partial charge in [0.05, 0.1) is 19.6 Å². The third-order valence-electron chi connectivity index (χ3n) is 7.78. The van der Waals surface area contributed by atoms with Crippen molar-refractivity contribution in [3.05, 3.63) is 59.7 Å². The first-order valence-corrected chi connectivity index (χ1v) is 11.7. The number of aryl methyl sites for hydroxylation is 2. The molecule has 2 aromatic carbocycles. The normalized spacial score (nSPS) is 25.3. The van der Waals surface area contributed by atoms with Gasteiger partial charge in [-0.15, -0.1) is 0 Å². The van der Waals surface area contributed by atoms with Gasteiger partial charge >= 0.3 is 6.09 Å². The first kappa shape index (κ1) is 19.6. The van der Waals surface area contributed by atoms with Crippen LogP contribution in [0, 0.1) is 5.92 Å². The summed E-state index contributed by atoms with van der Waals surface area (Å²) in [6.45, 7) is 2.37. The van der Waals surface area contributed by atoms with E-state index in [9.17, 15) is 9.90 Å². The van der Waals surface area contributed by atoms with Crippen molar-refractivity contribution < 1.29 is 14.4 Å². The minimum absolute atomic E-state index is 0.276. The maximum absolute atomic E-state index is 12.4. The second kappa shape index (κ2) is 8.07. The van der Waals surface area contributed by atoms with E-state index in [1.165, 1.54) is 35.3 Å². The van der Waals surface area contributed by atoms with Crippen LogP contribution in [0.4, 0.5) is 16.2 Å². The van der Waals surface area contributed by atoms with Crippen molar-refractivity contribution in [2.75, 3.05) is 24.5 Å². The number of likely N-dealkylation sites (tertiary alicyclic amines) is 1. The second-order valence-electron chi connectivity index (χ2n) is 9.50. The van der Waals surface area contributed by atoms with Crippen LogP contribution in [0.1, 0.15) is 49.7 Å². The molecule has 1 saturated heterocycles. The lowest BCUT2D eigenvalue weighted by Crippen LogP contribution is -2.58. The summed E-state index contributed by atoms with van der Waals surface area (Å²) in [6.07, 6.45) is 8.25. The molecule has 0 aromatic heterocycles. The molecular formula is C26H33N2O2+. The van der Waals surface area contributed by atoms with Gasteiger partial charge in [-0.05, 0) is 68.2 Å². The molecule has 1 saturated carbocycles. The minimum Gasteiger partial charge on any atom is -0.435 e. The van der Waals surface area contributed by atoms with Crippen LogP contribution in [0.5, 0.6) is 0 Å². The van der Waals surface area contributed by atoms with Crippen LogP contribution in [0.2, 0.25) is 0 Å². The molecule has 4 nitrogen and oxygen atoms in total. The van der Waals surface area contributed by atoms with Crippen LogP contribution < -0.4 is 4.90 Å². The van der Waals surface area contributed by atoms with Crippen molar-refractivity contribution >= 4 is 17.5 Å². The number of para-hydroxylation sites is 2. The monoisotopic (exact) mass is 405 g/mol. The third kappa shape index (κ3) is 3.41. The van der Waals surface area contributed by atoms with E-state index in [1.807, 2.05) is 0 Å². The fraction of sp³-hybridized carbons (Fsp3) is 0.500. The maximum Gasteiger partial charge on any atom is 0.513 e. The fourth-order valence-electron chi connectivity index (χ4n) is 6.26. The van der Waals surface area contributed by atoms with Crippen molar-refractivity contribution in [1.82, 2.24) is 0 Å². The van der Waals surface area contributed by atoms with Crippen molar-refractivity contribution in [3.63, 3.8) is 0 Å². The molecule has 4 heteroatoms. The number of hydrogen-bond acceptors (Lipinski definition) is 2. The van der Waals surface area contributed by atoms with Crippen molar-refractivity contribution in [3.8, 4) is 0 Å². The Hall–Kier alpha value is -2.33. The molecule has 0 radical (unpaired) electrons. The van der Waals surface area contributed by atoms with Gasteiger partial charge in [-0.3, -0.25) is 0 Å². The lowest BCUT2D eigenvalue weighted by molar-refractivity contribution is -0.865. The molecule has 3 aliphatic rings. The molecule has 2 fully saturated rings. The summed E-state index contributed by atoms with van der Waals surface area (Å²) in [5.41, 5.74) is 5.50. The highest BCUT2D eigenvalue weighted by Gasteiger charge is 2.45. The second-order valence-corrected chi connectivity index (χ2v) is 9.50. The van der Waals surface area contributed by atoms with E-state index in [0.717, 1.165) is 58.2 Å². The van der Waals surface area contributed by atoms with Gasteiger partial charge in [0.2, 0.25) is 0 Å². The Kier molecular flexibility index (Phi) is 5.28. The Morgan fingerprint density at radius 1 is 0.867 bits per heavy atom. The largest absolute Gasteiger partial charge is 0.513 e. The first-order chi connectivity index (χ1) is 14.7. The number of rotatable bonds is 3. The average molecular weight is 406 g/mol. The number of quaternary nitrogens is 1. The predicted molar refractivity (Wildman–Crippen MR) is 120 cm³/mol. The highest BCUT2D eigenvalue weighted by molar-refractivity contribution is 5.72. The predicted octanol–water partition coefficient (Wildman–Crippen LogP) is 5.77. The zero-order chi connectivity index (χ0) is 20.6. The standard InChI is InChI=1S/C26H32N2O2/c29-26(30)28(17-6-1-7-18-28)19-22-11-8-14-25(22)27-23-12-4-2-9-20(23)15-16-21-10-3-5-13-24(21)27/h2-5,9-10,12-13,22,25H,1,6-8,11,14-19H2/p+1. The molecule has 5 rings (SSSR count). The maximum atomic E-state index is 12.4. The van der Waals surface area contributed by atoms with Crippen LogP contribution in [0.25, 0.3) is 0 Å². The van der Waals surface area contributed by atoms with Crippen molar-refractivity contribution in [2.24, 2.45) is 5.92 Å². The summed E-state index contributed by atoms with van der Waals surface area (Å²) in [4.78, 5) is 15.0. The Labute approximate surface area is 179 Å². The van der Waals surface area contributed by atoms with Gasteiger partial charge in [0.25, 0.3) is 0 Å². The zero-order valence-electron chi connectivity index (χ0n) is 17.8. The SMILES string of the molecule is O=C(O)[N+]1(CC2CCCC2N2c3ccccc3CCc3ccccc32)CCCCC1. The van der Waals surface area contributed by atoms with Gasteiger partial charge in [0, 0.05) is 23.3 Å². The summed E-state index contributed by atoms with van der Waals surface area (Å²) >= 11 is 0. The van der Waals surface area contributed by atoms with Crippen LogP contribution in [0.15, 0.2) is 48.5 Å². The molecule has 158 valence electrons. The van der Waals surface area contributed by atoms with E-state index in [-0.39, 0.29) is 4.48 Å². The molecule has 2 atom stereocenters. The van der Waals surface area contributed by atoms with Gasteiger partial charge < -0.3 is 10.0 Å². The highest BCUT2D eigenvalue weighted by atomic mass is 16.4. The van der Waals surface area contributed by atoms with E-state index in [0.29, 0.717) is 12.0 Å². The topological polar surface area (TPSA) is 40.5 Å². The zero-order valence-corrected chi connectivity index (χ0v) is 17.8. The summed E-state index contributed by atoms with van der Waals surface area (Å²) in [7, 11) is 0. The Balaban J connectivity index is 1.53. The molecule has 30 heavy (non-hydrogen) atoms. The lowest BCUT2D eigenvalue weighted by atomic mass is 9.96. The Bertz CT molecular complexity index is 871. The third-order valence-corrected chi connectivity index (χ3v) is 7.78. The van der Waals surface area contributed by atoms with Crippen LogP contribution in [0.3, 0.4) is 0 Å². The number of piperidine rings is 1. The number of carboxylic acid groups (broad SMARTS) is 1. The van der Waals surface area contributed by atoms with Gasteiger partial charge in [-0.2, -0.15) is 4.79 Å². The van der Waals surface area contributed by atoms with E-state index in [1.54, 1.807) is 0 Å². The molecule has 1 amide bonds. The number of fused-ring (bicyclic) bond motifs is 2. The number of hydrogen-bond donors (Lipinski definition) is 1. The number of nitrogens with zero attached hydrogens (tertiary/aromatic N) is 2. The van der Waals surface area contributed by atoms with Crippen LogP contribution in [-0.4, -0.2) is 41.4 Å². The van der Waals surface area contributed by atoms with Crippen molar-refractivity contribution in [1.29, 1.82) is 0 Å². The lowest BCUT2D eigenvalue weighted by Gasteiger charge is -2.41. The minimum atomic E-state index is -0.614. The van der Waals surface area contributed by atoms with E-state index >= 15 is 0 Å². The molecule has 0 bridgehead atoms. The highest BCUT2D eigenvalue weighted by Crippen LogP contribution is 2.44. The van der Waals surface area contributed by atoms with E-state index in [2.05, 4.69) is 53.4 Å². The average Bonchev–Trinajstić information content (AvgIpc) is 3.14. The fourth-order valence-corrected chi connectivity index (χ4v) is 6.26. The smallest absolute Gasteiger partial charge is 0.435 e. The first-order valence-electron chi connectivity index (χ1n) is 11.7. The number of carbonyl (C=O) groups is 1. The molecule has 2 aliphatic heterocycles. The van der Waals surface area contributed by atoms with E-state index in [4.69, 9.17) is 0 Å². The van der Waals surface area contributed by atoms with Gasteiger partial charge in [0.15, 0.2) is 0 Å². The van der Waals surface area contributed by atoms with Gasteiger partial charge in [-0.25, -0.2) is 4.48 Å². The van der Waals surface area contributed by atoms with Crippen molar-refractivity contribution in [2.45, 2.75) is 57.4 Å². The number of amides is 1. The Morgan fingerprint density at radius 3 is 2.07 bits per heavy atom. The molecule has 2 unspecified atom stereocenters. The quantitative estimate of drug-likeness (QED) is 0.659. The number of anilines is 2. The van der Waals surface area contributed by atoms with Gasteiger partial charge in [0.1, 0.15) is 0 Å². The van der Waals surface area contributed by atoms with Crippen LogP contribution >= 0.6 is 0 Å². The molecule has 0 spiro atoms. The summed E-state index contributed by atoms with van der Waals surface area (Å²) in [6, 6.07) is 18.1. The van der Waals surface area contributed by atoms with Crippen LogP contribution in [-0.2, 0) is 12.8 Å². The summed E-state index contributed by atoms with van der Waals surface area (Å²) in [5.74, 6) is 0.415. The van der Waals surface area contributed by atoms with Gasteiger partial charge in [-0.1, -0.05) is 42.8 Å². The molecule has 2 aromatic rings. The molecular weight excluding hydrogens is 372 g/mol.